The molecule has 0 radical (unpaired) electrons. The van der Waals surface area contributed by atoms with Gasteiger partial charge in [-0.05, 0) is 17.7 Å². The van der Waals surface area contributed by atoms with E-state index in [1.165, 1.54) is 0 Å². The summed E-state index contributed by atoms with van der Waals surface area (Å²) in [5.74, 6) is 0.711. The van der Waals surface area contributed by atoms with Crippen LogP contribution in [0.4, 0.5) is 0 Å². The minimum absolute atomic E-state index is 0.202. The summed E-state index contributed by atoms with van der Waals surface area (Å²) in [6, 6.07) is 7.39. The average molecular weight is 279 g/mol. The molecule has 0 aliphatic heterocycles. The van der Waals surface area contributed by atoms with Crippen molar-refractivity contribution in [2.24, 2.45) is 0 Å². The standard InChI is InChI=1S/C13H15ClN4O/c1-3-11-15-12(17-16-11)13(19)18(2)8-9-4-6-10(14)7-5-9/h4-7H,3,8H2,1-2H3,(H,15,16,17). The average Bonchev–Trinajstić information content (AvgIpc) is 2.89. The highest BCUT2D eigenvalue weighted by atomic mass is 35.5. The monoisotopic (exact) mass is 278 g/mol. The van der Waals surface area contributed by atoms with E-state index >= 15 is 0 Å². The number of aromatic nitrogens is 3. The Balaban J connectivity index is 2.04. The summed E-state index contributed by atoms with van der Waals surface area (Å²) >= 11 is 5.82. The number of aromatic amines is 1. The third-order valence-corrected chi connectivity index (χ3v) is 2.99. The summed E-state index contributed by atoms with van der Waals surface area (Å²) in [6.07, 6.45) is 0.723. The van der Waals surface area contributed by atoms with Crippen LogP contribution in [0.3, 0.4) is 0 Å². The molecule has 6 heteroatoms. The second-order valence-electron chi connectivity index (χ2n) is 4.25. The van der Waals surface area contributed by atoms with Gasteiger partial charge in [-0.15, -0.1) is 5.10 Å². The summed E-state index contributed by atoms with van der Waals surface area (Å²) in [4.78, 5) is 17.8. The first-order valence-corrected chi connectivity index (χ1v) is 6.39. The second-order valence-corrected chi connectivity index (χ2v) is 4.68. The van der Waals surface area contributed by atoms with Crippen LogP contribution in [-0.2, 0) is 13.0 Å². The van der Waals surface area contributed by atoms with Crippen molar-refractivity contribution in [1.82, 2.24) is 20.1 Å². The van der Waals surface area contributed by atoms with Crippen LogP contribution in [-0.4, -0.2) is 33.0 Å². The highest BCUT2D eigenvalue weighted by molar-refractivity contribution is 6.30. The van der Waals surface area contributed by atoms with E-state index in [1.807, 2.05) is 19.1 Å². The fraction of sp³-hybridized carbons (Fsp3) is 0.308. The lowest BCUT2D eigenvalue weighted by atomic mass is 10.2. The van der Waals surface area contributed by atoms with E-state index in [1.54, 1.807) is 24.1 Å². The van der Waals surface area contributed by atoms with Gasteiger partial charge in [0.2, 0.25) is 5.82 Å². The molecular formula is C13H15ClN4O. The van der Waals surface area contributed by atoms with Crippen molar-refractivity contribution in [2.45, 2.75) is 19.9 Å². The summed E-state index contributed by atoms with van der Waals surface area (Å²) in [5.41, 5.74) is 1.01. The number of nitrogens with zero attached hydrogens (tertiary/aromatic N) is 3. The molecule has 1 aromatic heterocycles. The van der Waals surface area contributed by atoms with E-state index in [9.17, 15) is 4.79 Å². The topological polar surface area (TPSA) is 61.9 Å². The van der Waals surface area contributed by atoms with E-state index < -0.39 is 0 Å². The van der Waals surface area contributed by atoms with Crippen molar-refractivity contribution in [1.29, 1.82) is 0 Å². The van der Waals surface area contributed by atoms with Gasteiger partial charge in [-0.3, -0.25) is 9.89 Å². The molecule has 1 N–H and O–H groups in total. The van der Waals surface area contributed by atoms with E-state index in [0.29, 0.717) is 17.4 Å². The smallest absolute Gasteiger partial charge is 0.293 e. The first-order valence-electron chi connectivity index (χ1n) is 6.01. The van der Waals surface area contributed by atoms with Crippen molar-refractivity contribution in [3.8, 4) is 0 Å². The number of hydrogen-bond acceptors (Lipinski definition) is 3. The Hall–Kier alpha value is -1.88. The zero-order valence-electron chi connectivity index (χ0n) is 10.9. The number of H-pyrrole nitrogens is 1. The van der Waals surface area contributed by atoms with Crippen LogP contribution >= 0.6 is 11.6 Å². The maximum atomic E-state index is 12.1. The SMILES string of the molecule is CCc1nc(C(=O)N(C)Cc2ccc(Cl)cc2)n[nH]1. The zero-order valence-corrected chi connectivity index (χ0v) is 11.6. The molecule has 0 fully saturated rings. The van der Waals surface area contributed by atoms with Crippen LogP contribution in [0.15, 0.2) is 24.3 Å². The molecule has 0 aliphatic carbocycles. The van der Waals surface area contributed by atoms with E-state index in [2.05, 4.69) is 15.2 Å². The molecule has 0 spiro atoms. The van der Waals surface area contributed by atoms with Crippen LogP contribution in [0.5, 0.6) is 0 Å². The highest BCUT2D eigenvalue weighted by Crippen LogP contribution is 2.11. The van der Waals surface area contributed by atoms with Gasteiger partial charge in [0.15, 0.2) is 0 Å². The Bertz CT molecular complexity index is 564. The molecule has 2 rings (SSSR count). The van der Waals surface area contributed by atoms with Gasteiger partial charge in [-0.25, -0.2) is 4.98 Å². The maximum absolute atomic E-state index is 12.1. The fourth-order valence-corrected chi connectivity index (χ4v) is 1.78. The third kappa shape index (κ3) is 3.32. The molecule has 0 saturated heterocycles. The molecule has 0 atom stereocenters. The van der Waals surface area contributed by atoms with E-state index in [4.69, 9.17) is 11.6 Å². The molecule has 0 saturated carbocycles. The summed E-state index contributed by atoms with van der Waals surface area (Å²) in [7, 11) is 1.72. The Kier molecular flexibility index (Phi) is 4.16. The molecular weight excluding hydrogens is 264 g/mol. The van der Waals surface area contributed by atoms with Crippen molar-refractivity contribution in [3.63, 3.8) is 0 Å². The van der Waals surface area contributed by atoms with Crippen molar-refractivity contribution < 1.29 is 4.79 Å². The minimum Gasteiger partial charge on any atom is -0.335 e. The molecule has 100 valence electrons. The van der Waals surface area contributed by atoms with Gasteiger partial charge in [-0.1, -0.05) is 30.7 Å². The number of benzene rings is 1. The summed E-state index contributed by atoms with van der Waals surface area (Å²) in [6.45, 7) is 2.44. The Morgan fingerprint density at radius 3 is 2.63 bits per heavy atom. The van der Waals surface area contributed by atoms with Crippen molar-refractivity contribution >= 4 is 17.5 Å². The number of halogens is 1. The predicted molar refractivity (Wildman–Crippen MR) is 73.0 cm³/mol. The number of rotatable bonds is 4. The third-order valence-electron chi connectivity index (χ3n) is 2.74. The van der Waals surface area contributed by atoms with Gasteiger partial charge in [-0.2, -0.15) is 0 Å². The first-order chi connectivity index (χ1) is 9.10. The molecule has 1 heterocycles. The number of amides is 1. The molecule has 5 nitrogen and oxygen atoms in total. The number of hydrogen-bond donors (Lipinski definition) is 1. The molecule has 2 aromatic rings. The van der Waals surface area contributed by atoms with E-state index in [0.717, 1.165) is 12.0 Å². The lowest BCUT2D eigenvalue weighted by Crippen LogP contribution is -2.27. The van der Waals surface area contributed by atoms with Gasteiger partial charge in [0.25, 0.3) is 5.91 Å². The van der Waals surface area contributed by atoms with Gasteiger partial charge < -0.3 is 4.90 Å². The van der Waals surface area contributed by atoms with Crippen molar-refractivity contribution in [2.75, 3.05) is 7.05 Å². The fourth-order valence-electron chi connectivity index (χ4n) is 1.66. The predicted octanol–water partition coefficient (Wildman–Crippen LogP) is 2.29. The normalized spacial score (nSPS) is 10.5. The lowest BCUT2D eigenvalue weighted by Gasteiger charge is -2.15. The van der Waals surface area contributed by atoms with Gasteiger partial charge >= 0.3 is 0 Å². The second kappa shape index (κ2) is 5.84. The van der Waals surface area contributed by atoms with Crippen LogP contribution < -0.4 is 0 Å². The van der Waals surface area contributed by atoms with Gasteiger partial charge in [0.1, 0.15) is 5.82 Å². The number of carbonyl (C=O) groups excluding carboxylic acids is 1. The molecule has 1 amide bonds. The molecule has 0 unspecified atom stereocenters. The Morgan fingerprint density at radius 1 is 1.37 bits per heavy atom. The van der Waals surface area contributed by atoms with E-state index in [-0.39, 0.29) is 11.7 Å². The Morgan fingerprint density at radius 2 is 2.05 bits per heavy atom. The van der Waals surface area contributed by atoms with Gasteiger partial charge in [0, 0.05) is 25.0 Å². The lowest BCUT2D eigenvalue weighted by molar-refractivity contribution is 0.0773. The highest BCUT2D eigenvalue weighted by Gasteiger charge is 2.16. The maximum Gasteiger partial charge on any atom is 0.293 e. The number of aryl methyl sites for hydroxylation is 1. The number of carbonyl (C=O) groups is 1. The minimum atomic E-state index is -0.203. The van der Waals surface area contributed by atoms with Crippen molar-refractivity contribution in [3.05, 3.63) is 46.5 Å². The quantitative estimate of drug-likeness (QED) is 0.933. The van der Waals surface area contributed by atoms with Gasteiger partial charge in [0.05, 0.1) is 0 Å². The van der Waals surface area contributed by atoms with Crippen LogP contribution in [0, 0.1) is 0 Å². The summed E-state index contributed by atoms with van der Waals surface area (Å²) in [5, 5.41) is 7.33. The zero-order chi connectivity index (χ0) is 13.8. The molecule has 19 heavy (non-hydrogen) atoms. The number of nitrogens with one attached hydrogen (secondary N) is 1. The first kappa shape index (κ1) is 13.5. The summed E-state index contributed by atoms with van der Waals surface area (Å²) < 4.78 is 0. The van der Waals surface area contributed by atoms with Crippen LogP contribution in [0.1, 0.15) is 28.9 Å². The van der Waals surface area contributed by atoms with Crippen LogP contribution in [0.25, 0.3) is 0 Å². The molecule has 1 aromatic carbocycles. The molecule has 0 bridgehead atoms. The Labute approximate surface area is 116 Å². The molecule has 0 aliphatic rings. The largest absolute Gasteiger partial charge is 0.335 e. The van der Waals surface area contributed by atoms with Crippen LogP contribution in [0.2, 0.25) is 5.02 Å².